The molecule has 0 atom stereocenters. The SMILES string of the molecule is CCCCCCCCCCCCCCOC(=O)/C=C\C(=O)OCCCCCCCCCCCCCC.O=S(=O)(O)O.[H-].[Na+]. The summed E-state index contributed by atoms with van der Waals surface area (Å²) in [6.07, 6.45) is 33.1. The molecule has 8 nitrogen and oxygen atoms in total. The Balaban J connectivity index is -0.000000996. The Morgan fingerprint density at radius 3 is 0.905 bits per heavy atom. The Kier molecular flexibility index (Phi) is 40.2. The summed E-state index contributed by atoms with van der Waals surface area (Å²) in [7, 11) is -4.67. The van der Waals surface area contributed by atoms with Crippen LogP contribution in [-0.4, -0.2) is 42.7 Å². The predicted octanol–water partition coefficient (Wildman–Crippen LogP) is 6.49. The summed E-state index contributed by atoms with van der Waals surface area (Å²) < 4.78 is 41.9. The molecular formula is C32H63NaO8S. The van der Waals surface area contributed by atoms with Crippen molar-refractivity contribution < 1.29 is 67.6 Å². The van der Waals surface area contributed by atoms with Gasteiger partial charge in [-0.1, -0.05) is 155 Å². The van der Waals surface area contributed by atoms with Gasteiger partial charge in [-0.05, 0) is 12.8 Å². The summed E-state index contributed by atoms with van der Waals surface area (Å²) >= 11 is 0. The maximum atomic E-state index is 11.7. The second-order valence-electron chi connectivity index (χ2n) is 10.9. The molecule has 0 aliphatic carbocycles. The third-order valence-corrected chi connectivity index (χ3v) is 6.84. The predicted molar refractivity (Wildman–Crippen MR) is 169 cm³/mol. The maximum Gasteiger partial charge on any atom is 1.00 e. The molecule has 0 spiro atoms. The van der Waals surface area contributed by atoms with Gasteiger partial charge in [0.25, 0.3) is 0 Å². The first-order valence-corrected chi connectivity index (χ1v) is 17.8. The van der Waals surface area contributed by atoms with Crippen molar-refractivity contribution in [2.75, 3.05) is 13.2 Å². The minimum Gasteiger partial charge on any atom is -1.00 e. The first-order chi connectivity index (χ1) is 19.7. The molecule has 0 aromatic rings. The van der Waals surface area contributed by atoms with Crippen molar-refractivity contribution in [2.24, 2.45) is 0 Å². The van der Waals surface area contributed by atoms with E-state index in [4.69, 9.17) is 27.0 Å². The fourth-order valence-electron chi connectivity index (χ4n) is 4.46. The molecule has 0 saturated heterocycles. The average Bonchev–Trinajstić information content (AvgIpc) is 2.91. The Labute approximate surface area is 281 Å². The van der Waals surface area contributed by atoms with E-state index in [1.807, 2.05) is 0 Å². The molecule has 0 saturated carbocycles. The van der Waals surface area contributed by atoms with Crippen LogP contribution in [0, 0.1) is 0 Å². The second kappa shape index (κ2) is 36.7. The van der Waals surface area contributed by atoms with Gasteiger partial charge in [0.2, 0.25) is 0 Å². The van der Waals surface area contributed by atoms with Gasteiger partial charge < -0.3 is 10.9 Å². The van der Waals surface area contributed by atoms with E-state index in [0.717, 1.165) is 25.7 Å². The molecule has 10 heteroatoms. The number of rotatable bonds is 28. The summed E-state index contributed by atoms with van der Waals surface area (Å²) in [6.45, 7) is 5.37. The number of hydrogen-bond acceptors (Lipinski definition) is 6. The molecular weight excluding hydrogens is 567 g/mol. The van der Waals surface area contributed by atoms with Crippen LogP contribution in [0.3, 0.4) is 0 Å². The molecule has 0 aromatic carbocycles. The van der Waals surface area contributed by atoms with Crippen LogP contribution in [0.25, 0.3) is 0 Å². The summed E-state index contributed by atoms with van der Waals surface area (Å²) in [6, 6.07) is 0. The van der Waals surface area contributed by atoms with Gasteiger partial charge in [-0.15, -0.1) is 0 Å². The monoisotopic (exact) mass is 630 g/mol. The van der Waals surface area contributed by atoms with Gasteiger partial charge in [0.1, 0.15) is 0 Å². The van der Waals surface area contributed by atoms with Crippen LogP contribution in [0.1, 0.15) is 169 Å². The molecule has 0 aromatic heterocycles. The van der Waals surface area contributed by atoms with E-state index >= 15 is 0 Å². The van der Waals surface area contributed by atoms with Gasteiger partial charge in [-0.25, -0.2) is 9.59 Å². The Bertz CT molecular complexity index is 668. The number of ether oxygens (including phenoxy) is 2. The van der Waals surface area contributed by atoms with Crippen molar-refractivity contribution in [3.8, 4) is 0 Å². The molecule has 0 fully saturated rings. The minimum atomic E-state index is -4.67. The first-order valence-electron chi connectivity index (χ1n) is 16.4. The molecule has 0 heterocycles. The van der Waals surface area contributed by atoms with Crippen LogP contribution < -0.4 is 29.6 Å². The third kappa shape index (κ3) is 49.2. The van der Waals surface area contributed by atoms with Crippen molar-refractivity contribution in [1.82, 2.24) is 0 Å². The van der Waals surface area contributed by atoms with Gasteiger partial charge in [-0.2, -0.15) is 8.42 Å². The number of carbonyl (C=O) groups excluding carboxylic acids is 2. The summed E-state index contributed by atoms with van der Waals surface area (Å²) in [5.74, 6) is -0.916. The van der Waals surface area contributed by atoms with Crippen molar-refractivity contribution >= 4 is 22.3 Å². The molecule has 246 valence electrons. The Hall–Kier alpha value is -0.450. The molecule has 0 unspecified atom stereocenters. The van der Waals surface area contributed by atoms with Crippen molar-refractivity contribution in [3.05, 3.63) is 12.2 Å². The molecule has 0 aliphatic heterocycles. The number of carbonyl (C=O) groups is 2. The molecule has 0 amide bonds. The quantitative estimate of drug-likeness (QED) is 0.0330. The number of unbranched alkanes of at least 4 members (excludes halogenated alkanes) is 22. The first kappa shape index (κ1) is 46.0. The fourth-order valence-corrected chi connectivity index (χ4v) is 4.46. The second-order valence-corrected chi connectivity index (χ2v) is 11.8. The smallest absolute Gasteiger partial charge is 1.00 e. The van der Waals surface area contributed by atoms with Gasteiger partial charge in [0, 0.05) is 12.2 Å². The number of esters is 2. The third-order valence-electron chi connectivity index (χ3n) is 6.84. The molecule has 42 heavy (non-hydrogen) atoms. The van der Waals surface area contributed by atoms with Gasteiger partial charge in [-0.3, -0.25) is 9.11 Å². The van der Waals surface area contributed by atoms with Gasteiger partial charge in [0.15, 0.2) is 0 Å². The summed E-state index contributed by atoms with van der Waals surface area (Å²) in [5, 5.41) is 0. The van der Waals surface area contributed by atoms with E-state index in [0.29, 0.717) is 13.2 Å². The zero-order valence-electron chi connectivity index (χ0n) is 28.3. The maximum absolute atomic E-state index is 11.7. The van der Waals surface area contributed by atoms with Gasteiger partial charge >= 0.3 is 51.9 Å². The van der Waals surface area contributed by atoms with Crippen LogP contribution in [0.4, 0.5) is 0 Å². The van der Waals surface area contributed by atoms with Crippen molar-refractivity contribution in [1.29, 1.82) is 0 Å². The van der Waals surface area contributed by atoms with E-state index < -0.39 is 22.3 Å². The molecule has 0 radical (unpaired) electrons. The summed E-state index contributed by atoms with van der Waals surface area (Å²) in [4.78, 5) is 23.4. The Morgan fingerprint density at radius 1 is 0.500 bits per heavy atom. The normalized spacial score (nSPS) is 11.0. The van der Waals surface area contributed by atoms with Crippen LogP contribution in [-0.2, 0) is 29.5 Å². The minimum absolute atomic E-state index is 0. The largest absolute Gasteiger partial charge is 1.00 e. The van der Waals surface area contributed by atoms with Crippen LogP contribution in [0.2, 0.25) is 0 Å². The van der Waals surface area contributed by atoms with E-state index in [-0.39, 0.29) is 31.0 Å². The standard InChI is InChI=1S/C32H60O4.Na.H2O4S.H/c1-3-5-7-9-11-13-15-17-19-21-23-25-29-35-31(33)27-28-32(34)36-30-26-24-22-20-18-16-14-12-10-8-6-4-2;;1-5(2,3)4;/h27-28H,3-26,29-30H2,1-2H3;;(H2,1,2,3,4);/q;+1;;-1/b28-27-;;;. The van der Waals surface area contributed by atoms with Crippen LogP contribution >= 0.6 is 0 Å². The number of hydrogen-bond donors (Lipinski definition) is 2. The van der Waals surface area contributed by atoms with Gasteiger partial charge in [0.05, 0.1) is 13.2 Å². The molecule has 2 N–H and O–H groups in total. The summed E-state index contributed by atoms with van der Waals surface area (Å²) in [5.41, 5.74) is 0. The van der Waals surface area contributed by atoms with Crippen molar-refractivity contribution in [3.63, 3.8) is 0 Å². The topological polar surface area (TPSA) is 127 Å². The van der Waals surface area contributed by atoms with E-state index in [9.17, 15) is 9.59 Å². The zero-order chi connectivity index (χ0) is 30.9. The van der Waals surface area contributed by atoms with E-state index in [1.54, 1.807) is 0 Å². The zero-order valence-corrected chi connectivity index (χ0v) is 30.1. The molecule has 0 aliphatic rings. The van der Waals surface area contributed by atoms with E-state index in [2.05, 4.69) is 13.8 Å². The fraction of sp³-hybridized carbons (Fsp3) is 0.875. The molecule has 0 rings (SSSR count). The average molecular weight is 631 g/mol. The molecule has 0 bridgehead atoms. The van der Waals surface area contributed by atoms with Crippen LogP contribution in [0.15, 0.2) is 12.2 Å². The van der Waals surface area contributed by atoms with E-state index in [1.165, 1.54) is 141 Å². The Morgan fingerprint density at radius 2 is 0.690 bits per heavy atom. The van der Waals surface area contributed by atoms with Crippen molar-refractivity contribution in [2.45, 2.75) is 168 Å². The van der Waals surface area contributed by atoms with Crippen LogP contribution in [0.5, 0.6) is 0 Å².